The molecule has 156 valence electrons. The Balaban J connectivity index is 3.65. The van der Waals surface area contributed by atoms with Crippen molar-refractivity contribution in [1.82, 2.24) is 0 Å². The molecule has 26 heavy (non-hydrogen) atoms. The summed E-state index contributed by atoms with van der Waals surface area (Å²) in [4.78, 5) is 11.7. The number of hydrogen-bond acceptors (Lipinski definition) is 2. The van der Waals surface area contributed by atoms with Crippen molar-refractivity contribution in [2.24, 2.45) is 0 Å². The summed E-state index contributed by atoms with van der Waals surface area (Å²) in [6, 6.07) is 0. The molecule has 3 heteroatoms. The molecule has 0 radical (unpaired) electrons. The SMILES string of the molecule is CCCCCCCCCCCCSC(C)(CCCCCCCC)C(=O)O. The number of rotatable bonds is 20. The van der Waals surface area contributed by atoms with Crippen LogP contribution >= 0.6 is 11.8 Å². The van der Waals surface area contributed by atoms with Gasteiger partial charge in [-0.1, -0.05) is 110 Å². The quantitative estimate of drug-likeness (QED) is 0.214. The van der Waals surface area contributed by atoms with Crippen molar-refractivity contribution < 1.29 is 9.90 Å². The largest absolute Gasteiger partial charge is 0.480 e. The lowest BCUT2D eigenvalue weighted by molar-refractivity contribution is -0.139. The van der Waals surface area contributed by atoms with Gasteiger partial charge in [0, 0.05) is 0 Å². The normalized spacial score (nSPS) is 13.7. The molecule has 0 aliphatic carbocycles. The van der Waals surface area contributed by atoms with Crippen LogP contribution in [-0.4, -0.2) is 21.6 Å². The summed E-state index contributed by atoms with van der Waals surface area (Å²) in [5.41, 5.74) is 0. The summed E-state index contributed by atoms with van der Waals surface area (Å²) in [5.74, 6) is 0.373. The van der Waals surface area contributed by atoms with Gasteiger partial charge in [-0.3, -0.25) is 4.79 Å². The summed E-state index contributed by atoms with van der Waals surface area (Å²) < 4.78 is -0.579. The topological polar surface area (TPSA) is 37.3 Å². The first kappa shape index (κ1) is 25.8. The van der Waals surface area contributed by atoms with Crippen molar-refractivity contribution in [3.05, 3.63) is 0 Å². The molecule has 0 saturated heterocycles. The molecule has 0 aromatic rings. The zero-order valence-corrected chi connectivity index (χ0v) is 18.8. The molecule has 0 aromatic heterocycles. The van der Waals surface area contributed by atoms with Gasteiger partial charge < -0.3 is 5.11 Å². The van der Waals surface area contributed by atoms with Crippen LogP contribution in [-0.2, 0) is 4.79 Å². The van der Waals surface area contributed by atoms with Crippen LogP contribution in [0.1, 0.15) is 130 Å². The van der Waals surface area contributed by atoms with Crippen molar-refractivity contribution in [2.75, 3.05) is 5.75 Å². The second-order valence-corrected chi connectivity index (χ2v) is 9.68. The highest BCUT2D eigenvalue weighted by Gasteiger charge is 2.32. The van der Waals surface area contributed by atoms with Gasteiger partial charge in [0.1, 0.15) is 4.75 Å². The first-order valence-electron chi connectivity index (χ1n) is 11.4. The van der Waals surface area contributed by atoms with Crippen LogP contribution < -0.4 is 0 Å². The van der Waals surface area contributed by atoms with Crippen molar-refractivity contribution in [3.8, 4) is 0 Å². The van der Waals surface area contributed by atoms with Crippen molar-refractivity contribution in [1.29, 1.82) is 0 Å². The van der Waals surface area contributed by atoms with E-state index in [1.165, 1.54) is 96.3 Å². The summed E-state index contributed by atoms with van der Waals surface area (Å²) in [7, 11) is 0. The lowest BCUT2D eigenvalue weighted by atomic mass is 10.0. The lowest BCUT2D eigenvalue weighted by Crippen LogP contribution is -2.31. The van der Waals surface area contributed by atoms with Crippen LogP contribution in [0.5, 0.6) is 0 Å². The van der Waals surface area contributed by atoms with E-state index in [0.29, 0.717) is 0 Å². The molecule has 1 unspecified atom stereocenters. The van der Waals surface area contributed by atoms with Crippen molar-refractivity contribution in [3.63, 3.8) is 0 Å². The molecular weight excluding hydrogens is 340 g/mol. The number of aliphatic carboxylic acids is 1. The van der Waals surface area contributed by atoms with E-state index in [-0.39, 0.29) is 0 Å². The van der Waals surface area contributed by atoms with E-state index in [2.05, 4.69) is 13.8 Å². The second-order valence-electron chi connectivity index (χ2n) is 8.08. The summed E-state index contributed by atoms with van der Waals surface area (Å²) in [6.45, 7) is 6.43. The van der Waals surface area contributed by atoms with Crippen LogP contribution in [0.4, 0.5) is 0 Å². The van der Waals surface area contributed by atoms with Crippen LogP contribution in [0.2, 0.25) is 0 Å². The Labute approximate surface area is 168 Å². The van der Waals surface area contributed by atoms with Gasteiger partial charge in [0.2, 0.25) is 0 Å². The Morgan fingerprint density at radius 3 is 1.50 bits per heavy atom. The lowest BCUT2D eigenvalue weighted by Gasteiger charge is -2.24. The molecule has 0 spiro atoms. The van der Waals surface area contributed by atoms with Gasteiger partial charge in [0.15, 0.2) is 0 Å². The molecule has 0 rings (SSSR count). The Bertz CT molecular complexity index is 319. The van der Waals surface area contributed by atoms with E-state index >= 15 is 0 Å². The fourth-order valence-electron chi connectivity index (χ4n) is 3.37. The third-order valence-electron chi connectivity index (χ3n) is 5.38. The van der Waals surface area contributed by atoms with Crippen molar-refractivity contribution >= 4 is 17.7 Å². The zero-order chi connectivity index (χ0) is 19.5. The van der Waals surface area contributed by atoms with E-state index in [1.807, 2.05) is 6.92 Å². The first-order chi connectivity index (χ1) is 12.6. The number of carboxylic acid groups (broad SMARTS) is 1. The Morgan fingerprint density at radius 2 is 1.08 bits per heavy atom. The van der Waals surface area contributed by atoms with E-state index in [1.54, 1.807) is 11.8 Å². The van der Waals surface area contributed by atoms with Crippen LogP contribution in [0.3, 0.4) is 0 Å². The molecule has 2 nitrogen and oxygen atoms in total. The summed E-state index contributed by atoms with van der Waals surface area (Å²) >= 11 is 1.68. The van der Waals surface area contributed by atoms with Gasteiger partial charge in [-0.25, -0.2) is 0 Å². The van der Waals surface area contributed by atoms with Crippen LogP contribution in [0.25, 0.3) is 0 Å². The highest BCUT2D eigenvalue weighted by Crippen LogP contribution is 2.32. The molecule has 0 aliphatic rings. The molecule has 0 heterocycles. The number of carboxylic acids is 1. The summed E-state index contributed by atoms with van der Waals surface area (Å²) in [5, 5.41) is 9.61. The number of unbranched alkanes of at least 4 members (excludes halogenated alkanes) is 14. The van der Waals surface area contributed by atoms with E-state index < -0.39 is 10.7 Å². The van der Waals surface area contributed by atoms with Gasteiger partial charge in [-0.05, 0) is 25.5 Å². The maximum Gasteiger partial charge on any atom is 0.319 e. The monoisotopic (exact) mass is 386 g/mol. The molecule has 0 aliphatic heterocycles. The Morgan fingerprint density at radius 1 is 0.692 bits per heavy atom. The van der Waals surface area contributed by atoms with Gasteiger partial charge in [-0.15, -0.1) is 11.8 Å². The van der Waals surface area contributed by atoms with Crippen LogP contribution in [0, 0.1) is 0 Å². The van der Waals surface area contributed by atoms with Crippen LogP contribution in [0.15, 0.2) is 0 Å². The molecule has 1 atom stereocenters. The van der Waals surface area contributed by atoms with Gasteiger partial charge >= 0.3 is 5.97 Å². The maximum atomic E-state index is 11.7. The molecule has 0 bridgehead atoms. The molecular formula is C23H46O2S. The fourth-order valence-corrected chi connectivity index (χ4v) is 4.58. The van der Waals surface area contributed by atoms with Gasteiger partial charge in [0.25, 0.3) is 0 Å². The van der Waals surface area contributed by atoms with E-state index in [4.69, 9.17) is 0 Å². The molecule has 1 N–H and O–H groups in total. The molecule has 0 aromatic carbocycles. The van der Waals surface area contributed by atoms with Gasteiger partial charge in [-0.2, -0.15) is 0 Å². The highest BCUT2D eigenvalue weighted by atomic mass is 32.2. The first-order valence-corrected chi connectivity index (χ1v) is 12.4. The van der Waals surface area contributed by atoms with E-state index in [0.717, 1.165) is 18.6 Å². The fraction of sp³-hybridized carbons (Fsp3) is 0.957. The standard InChI is InChI=1S/C23H46O2S/c1-4-6-8-10-12-13-14-15-17-19-21-26-23(3,22(24)25)20-18-16-11-9-7-5-2/h4-21H2,1-3H3,(H,24,25). The predicted octanol–water partition coefficient (Wildman–Crippen LogP) is 8.23. The predicted molar refractivity (Wildman–Crippen MR) is 118 cm³/mol. The summed E-state index contributed by atoms with van der Waals surface area (Å²) in [6.07, 6.45) is 21.6. The Hall–Kier alpha value is -0.180. The smallest absolute Gasteiger partial charge is 0.319 e. The minimum absolute atomic E-state index is 0.579. The average molecular weight is 387 g/mol. The number of hydrogen-bond donors (Lipinski definition) is 1. The maximum absolute atomic E-state index is 11.7. The average Bonchev–Trinajstić information content (AvgIpc) is 2.62. The van der Waals surface area contributed by atoms with E-state index in [9.17, 15) is 9.90 Å². The highest BCUT2D eigenvalue weighted by molar-refractivity contribution is 8.01. The zero-order valence-electron chi connectivity index (χ0n) is 18.0. The third kappa shape index (κ3) is 14.9. The number of carbonyl (C=O) groups is 1. The molecule has 0 fully saturated rings. The minimum Gasteiger partial charge on any atom is -0.480 e. The van der Waals surface area contributed by atoms with Gasteiger partial charge in [0.05, 0.1) is 0 Å². The molecule has 0 saturated carbocycles. The molecule has 0 amide bonds. The van der Waals surface area contributed by atoms with Crippen molar-refractivity contribution in [2.45, 2.75) is 135 Å². The Kier molecular flexibility index (Phi) is 18.1. The second kappa shape index (κ2) is 18.2. The minimum atomic E-state index is -0.622. The number of thioether (sulfide) groups is 1. The third-order valence-corrected chi connectivity index (χ3v) is 6.89.